The largest absolute Gasteiger partial charge is 0.497 e. The minimum atomic E-state index is -0.0562. The molecule has 0 saturated carbocycles. The van der Waals surface area contributed by atoms with Crippen LogP contribution in [0.2, 0.25) is 0 Å². The van der Waals surface area contributed by atoms with Crippen molar-refractivity contribution < 1.29 is 9.53 Å². The van der Waals surface area contributed by atoms with E-state index >= 15 is 0 Å². The number of hydrogen-bond donors (Lipinski definition) is 1. The Bertz CT molecular complexity index is 1240. The van der Waals surface area contributed by atoms with Crippen molar-refractivity contribution in [2.24, 2.45) is 7.05 Å². The van der Waals surface area contributed by atoms with Crippen molar-refractivity contribution in [1.29, 1.82) is 0 Å². The first-order valence-electron chi connectivity index (χ1n) is 9.80. The summed E-state index contributed by atoms with van der Waals surface area (Å²) in [5.41, 5.74) is 4.95. The summed E-state index contributed by atoms with van der Waals surface area (Å²) >= 11 is 0. The summed E-state index contributed by atoms with van der Waals surface area (Å²) in [6, 6.07) is 9.68. The Hall–Kier alpha value is -3.68. The molecule has 0 saturated heterocycles. The molecule has 1 amide bonds. The maximum Gasteiger partial charge on any atom is 0.256 e. The lowest BCUT2D eigenvalue weighted by Crippen LogP contribution is -2.38. The Morgan fingerprint density at radius 2 is 2.00 bits per heavy atom. The number of aryl methyl sites for hydroxylation is 2. The van der Waals surface area contributed by atoms with Crippen LogP contribution in [-0.2, 0) is 13.6 Å². The van der Waals surface area contributed by atoms with Gasteiger partial charge in [-0.1, -0.05) is 12.1 Å². The van der Waals surface area contributed by atoms with Crippen molar-refractivity contribution >= 4 is 17.1 Å². The molecule has 1 aromatic carbocycles. The van der Waals surface area contributed by atoms with E-state index in [9.17, 15) is 4.79 Å². The average molecular weight is 402 g/mol. The first-order chi connectivity index (χ1) is 14.6. The number of imidazole rings is 2. The molecule has 152 valence electrons. The number of carbonyl (C=O) groups excluding carboxylic acids is 1. The number of carbonyl (C=O) groups is 1. The van der Waals surface area contributed by atoms with Crippen LogP contribution < -0.4 is 4.74 Å². The highest BCUT2D eigenvalue weighted by Gasteiger charge is 2.32. The topological polar surface area (TPSA) is 88.9 Å². The molecular weight excluding hydrogens is 380 g/mol. The van der Waals surface area contributed by atoms with E-state index in [-0.39, 0.29) is 11.8 Å². The number of benzene rings is 1. The number of hydrogen-bond acceptors (Lipinski definition) is 5. The number of amides is 1. The van der Waals surface area contributed by atoms with E-state index in [0.717, 1.165) is 28.5 Å². The highest BCUT2D eigenvalue weighted by molar-refractivity contribution is 6.04. The molecule has 8 heteroatoms. The summed E-state index contributed by atoms with van der Waals surface area (Å²) in [6.45, 7) is 2.93. The van der Waals surface area contributed by atoms with Gasteiger partial charge in [0.25, 0.3) is 5.91 Å². The molecule has 5 rings (SSSR count). The molecule has 0 fully saturated rings. The number of pyridine rings is 1. The second-order valence-corrected chi connectivity index (χ2v) is 7.53. The third kappa shape index (κ3) is 2.83. The lowest BCUT2D eigenvalue weighted by Gasteiger charge is -2.32. The molecule has 1 aliphatic rings. The molecular formula is C22H22N6O2. The standard InChI is InChI=1S/C22H22N6O2/c1-13-26-20-16(8-9-23-21(20)27(13)2)22(29)28-10-17(19-18(11-28)24-12-25-19)14-4-6-15(30-3)7-5-14/h4-9,12,17H,10-11H2,1-3H3,(H,24,25). The van der Waals surface area contributed by atoms with Gasteiger partial charge in [0.1, 0.15) is 17.1 Å². The molecule has 8 nitrogen and oxygen atoms in total. The van der Waals surface area contributed by atoms with Gasteiger partial charge in [-0.15, -0.1) is 0 Å². The molecule has 30 heavy (non-hydrogen) atoms. The van der Waals surface area contributed by atoms with Crippen LogP contribution in [0, 0.1) is 6.92 Å². The third-order valence-corrected chi connectivity index (χ3v) is 5.85. The van der Waals surface area contributed by atoms with Crippen molar-refractivity contribution in [3.8, 4) is 5.75 Å². The van der Waals surface area contributed by atoms with Gasteiger partial charge in [0.05, 0.1) is 36.9 Å². The minimum absolute atomic E-state index is 0.0161. The second-order valence-electron chi connectivity index (χ2n) is 7.53. The second kappa shape index (κ2) is 6.98. The van der Waals surface area contributed by atoms with Crippen LogP contribution in [0.5, 0.6) is 5.75 Å². The van der Waals surface area contributed by atoms with Crippen LogP contribution in [0.25, 0.3) is 11.2 Å². The third-order valence-electron chi connectivity index (χ3n) is 5.85. The molecule has 0 aliphatic carbocycles. The van der Waals surface area contributed by atoms with Gasteiger partial charge in [-0.2, -0.15) is 0 Å². The van der Waals surface area contributed by atoms with Gasteiger partial charge >= 0.3 is 0 Å². The van der Waals surface area contributed by atoms with Crippen molar-refractivity contribution in [2.75, 3.05) is 13.7 Å². The molecule has 0 spiro atoms. The SMILES string of the molecule is COc1ccc(C2CN(C(=O)c3ccnc4c3nc(C)n4C)Cc3[nH]cnc32)cc1. The van der Waals surface area contributed by atoms with Gasteiger partial charge in [0.2, 0.25) is 0 Å². The van der Waals surface area contributed by atoms with Gasteiger partial charge < -0.3 is 19.2 Å². The van der Waals surface area contributed by atoms with E-state index in [1.807, 2.05) is 47.7 Å². The van der Waals surface area contributed by atoms with Crippen molar-refractivity contribution in [2.45, 2.75) is 19.4 Å². The monoisotopic (exact) mass is 402 g/mol. The number of ether oxygens (including phenoxy) is 1. The van der Waals surface area contributed by atoms with Gasteiger partial charge in [0.15, 0.2) is 5.65 Å². The number of aromatic amines is 1. The highest BCUT2D eigenvalue weighted by Crippen LogP contribution is 2.33. The number of nitrogens with zero attached hydrogens (tertiary/aromatic N) is 5. The fraction of sp³-hybridized carbons (Fsp3) is 0.273. The molecule has 3 aromatic heterocycles. The number of aromatic nitrogens is 5. The zero-order chi connectivity index (χ0) is 20.8. The normalized spacial score (nSPS) is 16.0. The summed E-state index contributed by atoms with van der Waals surface area (Å²) in [5.74, 6) is 1.55. The number of nitrogens with one attached hydrogen (secondary N) is 1. The predicted octanol–water partition coefficient (Wildman–Crippen LogP) is 2.80. The highest BCUT2D eigenvalue weighted by atomic mass is 16.5. The van der Waals surface area contributed by atoms with E-state index in [4.69, 9.17) is 4.74 Å². The molecule has 0 radical (unpaired) electrons. The number of fused-ring (bicyclic) bond motifs is 2. The van der Waals surface area contributed by atoms with Gasteiger partial charge in [-0.05, 0) is 30.7 Å². The Kier molecular flexibility index (Phi) is 4.27. The van der Waals surface area contributed by atoms with Gasteiger partial charge in [-0.3, -0.25) is 4.79 Å². The minimum Gasteiger partial charge on any atom is -0.497 e. The summed E-state index contributed by atoms with van der Waals surface area (Å²) in [7, 11) is 3.56. The quantitative estimate of drug-likeness (QED) is 0.569. The maximum atomic E-state index is 13.5. The Labute approximate surface area is 173 Å². The lowest BCUT2D eigenvalue weighted by atomic mass is 9.90. The Morgan fingerprint density at radius 3 is 2.77 bits per heavy atom. The number of methoxy groups -OCH3 is 1. The predicted molar refractivity (Wildman–Crippen MR) is 111 cm³/mol. The molecule has 0 bridgehead atoms. The molecule has 1 N–H and O–H groups in total. The fourth-order valence-corrected chi connectivity index (χ4v) is 4.11. The van der Waals surface area contributed by atoms with Crippen molar-refractivity contribution in [3.63, 3.8) is 0 Å². The number of rotatable bonds is 3. The van der Waals surface area contributed by atoms with Crippen LogP contribution >= 0.6 is 0 Å². The zero-order valence-corrected chi connectivity index (χ0v) is 17.1. The van der Waals surface area contributed by atoms with Crippen LogP contribution in [-0.4, -0.2) is 49.0 Å². The molecule has 1 aliphatic heterocycles. The lowest BCUT2D eigenvalue weighted by molar-refractivity contribution is 0.0723. The van der Waals surface area contributed by atoms with Crippen LogP contribution in [0.15, 0.2) is 42.9 Å². The zero-order valence-electron chi connectivity index (χ0n) is 17.1. The summed E-state index contributed by atoms with van der Waals surface area (Å²) in [5, 5.41) is 0. The maximum absolute atomic E-state index is 13.5. The molecule has 1 atom stereocenters. The van der Waals surface area contributed by atoms with Gasteiger partial charge in [0, 0.05) is 25.7 Å². The van der Waals surface area contributed by atoms with E-state index < -0.39 is 0 Å². The van der Waals surface area contributed by atoms with Crippen molar-refractivity contribution in [1.82, 2.24) is 29.4 Å². The molecule has 1 unspecified atom stereocenters. The summed E-state index contributed by atoms with van der Waals surface area (Å²) in [4.78, 5) is 32.1. The summed E-state index contributed by atoms with van der Waals surface area (Å²) < 4.78 is 7.18. The number of H-pyrrole nitrogens is 1. The molecule has 4 heterocycles. The first-order valence-corrected chi connectivity index (χ1v) is 9.80. The fourth-order valence-electron chi connectivity index (χ4n) is 4.11. The van der Waals surface area contributed by atoms with Crippen molar-refractivity contribution in [3.05, 3.63) is 71.2 Å². The van der Waals surface area contributed by atoms with Gasteiger partial charge in [-0.25, -0.2) is 15.0 Å². The van der Waals surface area contributed by atoms with Crippen LogP contribution in [0.4, 0.5) is 0 Å². The van der Waals surface area contributed by atoms with E-state index in [0.29, 0.717) is 29.8 Å². The average Bonchev–Trinajstić information content (AvgIpc) is 3.37. The smallest absolute Gasteiger partial charge is 0.256 e. The van der Waals surface area contributed by atoms with Crippen LogP contribution in [0.3, 0.4) is 0 Å². The molecule has 4 aromatic rings. The van der Waals surface area contributed by atoms with Crippen LogP contribution in [0.1, 0.15) is 39.1 Å². The van der Waals surface area contributed by atoms with E-state index in [1.54, 1.807) is 25.7 Å². The summed E-state index contributed by atoms with van der Waals surface area (Å²) in [6.07, 6.45) is 3.37. The Morgan fingerprint density at radius 1 is 1.20 bits per heavy atom. The van der Waals surface area contributed by atoms with E-state index in [2.05, 4.69) is 19.9 Å². The van der Waals surface area contributed by atoms with E-state index in [1.165, 1.54) is 0 Å². The Balaban J connectivity index is 1.53. The first kappa shape index (κ1) is 18.4.